The second kappa shape index (κ2) is 5.11. The standard InChI is InChI=1S/C8H13NO2S/c9-3-6-12(10)5-2-8-1-4-11-7-8/h1,4,7H,2-3,5-6,9H2. The van der Waals surface area contributed by atoms with Crippen molar-refractivity contribution in [2.45, 2.75) is 6.42 Å². The summed E-state index contributed by atoms with van der Waals surface area (Å²) in [5, 5.41) is 0. The molecule has 1 aromatic heterocycles. The highest BCUT2D eigenvalue weighted by Gasteiger charge is 1.99. The summed E-state index contributed by atoms with van der Waals surface area (Å²) in [5.74, 6) is 1.27. The third kappa shape index (κ3) is 3.19. The van der Waals surface area contributed by atoms with Crippen molar-refractivity contribution >= 4 is 10.8 Å². The summed E-state index contributed by atoms with van der Waals surface area (Å²) in [6.45, 7) is 0.498. The summed E-state index contributed by atoms with van der Waals surface area (Å²) in [7, 11) is -0.771. The van der Waals surface area contributed by atoms with Gasteiger partial charge in [-0.1, -0.05) is 0 Å². The van der Waals surface area contributed by atoms with Crippen LogP contribution in [0.1, 0.15) is 5.56 Å². The molecular formula is C8H13NO2S. The van der Waals surface area contributed by atoms with Crippen molar-refractivity contribution in [1.82, 2.24) is 0 Å². The lowest BCUT2D eigenvalue weighted by molar-refractivity contribution is 0.564. The normalized spacial score (nSPS) is 13.1. The molecule has 0 bridgehead atoms. The molecule has 3 nitrogen and oxygen atoms in total. The summed E-state index contributed by atoms with van der Waals surface area (Å²) in [6, 6.07) is 1.89. The molecule has 0 amide bonds. The minimum Gasteiger partial charge on any atom is -0.472 e. The van der Waals surface area contributed by atoms with Gasteiger partial charge in [0.1, 0.15) is 0 Å². The average molecular weight is 187 g/mol. The van der Waals surface area contributed by atoms with E-state index in [4.69, 9.17) is 10.2 Å². The van der Waals surface area contributed by atoms with Gasteiger partial charge in [0, 0.05) is 28.9 Å². The third-order valence-electron chi connectivity index (χ3n) is 1.54. The smallest absolute Gasteiger partial charge is 0.0934 e. The van der Waals surface area contributed by atoms with Gasteiger partial charge in [0.05, 0.1) is 12.5 Å². The summed E-state index contributed by atoms with van der Waals surface area (Å²) in [4.78, 5) is 0. The molecule has 4 heteroatoms. The fraction of sp³-hybridized carbons (Fsp3) is 0.500. The topological polar surface area (TPSA) is 56.2 Å². The molecular weight excluding hydrogens is 174 g/mol. The van der Waals surface area contributed by atoms with Gasteiger partial charge in [0.2, 0.25) is 0 Å². The molecule has 0 aliphatic heterocycles. The zero-order chi connectivity index (χ0) is 8.81. The van der Waals surface area contributed by atoms with Crippen molar-refractivity contribution in [3.63, 3.8) is 0 Å². The molecule has 1 unspecified atom stereocenters. The Balaban J connectivity index is 2.22. The van der Waals surface area contributed by atoms with Crippen LogP contribution in [0, 0.1) is 0 Å². The Hall–Kier alpha value is -0.610. The maximum Gasteiger partial charge on any atom is 0.0934 e. The van der Waals surface area contributed by atoms with Crippen molar-refractivity contribution in [2.24, 2.45) is 5.73 Å². The first-order chi connectivity index (χ1) is 5.83. The van der Waals surface area contributed by atoms with E-state index in [2.05, 4.69) is 0 Å². The SMILES string of the molecule is NCCS(=O)CCc1ccoc1. The lowest BCUT2D eigenvalue weighted by Gasteiger charge is -1.97. The van der Waals surface area contributed by atoms with Gasteiger partial charge in [0.15, 0.2) is 0 Å². The van der Waals surface area contributed by atoms with Gasteiger partial charge in [-0.3, -0.25) is 4.21 Å². The quantitative estimate of drug-likeness (QED) is 0.731. The molecule has 0 aliphatic carbocycles. The first-order valence-electron chi connectivity index (χ1n) is 3.89. The van der Waals surface area contributed by atoms with Crippen molar-refractivity contribution in [2.75, 3.05) is 18.1 Å². The molecule has 12 heavy (non-hydrogen) atoms. The molecule has 0 aliphatic rings. The summed E-state index contributed by atoms with van der Waals surface area (Å²) < 4.78 is 16.0. The first kappa shape index (κ1) is 9.48. The van der Waals surface area contributed by atoms with Crippen LogP contribution in [0.3, 0.4) is 0 Å². The zero-order valence-corrected chi connectivity index (χ0v) is 7.68. The van der Waals surface area contributed by atoms with E-state index in [1.165, 1.54) is 0 Å². The van der Waals surface area contributed by atoms with Crippen LogP contribution in [-0.2, 0) is 17.2 Å². The van der Waals surface area contributed by atoms with E-state index < -0.39 is 10.8 Å². The van der Waals surface area contributed by atoms with Crippen molar-refractivity contribution in [3.05, 3.63) is 24.2 Å². The minimum absolute atomic E-state index is 0.498. The second-order valence-electron chi connectivity index (χ2n) is 2.52. The van der Waals surface area contributed by atoms with Crippen LogP contribution in [0.2, 0.25) is 0 Å². The second-order valence-corrected chi connectivity index (χ2v) is 4.21. The van der Waals surface area contributed by atoms with E-state index in [9.17, 15) is 4.21 Å². The van der Waals surface area contributed by atoms with Crippen LogP contribution in [0.5, 0.6) is 0 Å². The number of hydrogen-bond donors (Lipinski definition) is 1. The van der Waals surface area contributed by atoms with Crippen molar-refractivity contribution in [1.29, 1.82) is 0 Å². The van der Waals surface area contributed by atoms with Crippen LogP contribution >= 0.6 is 0 Å². The molecule has 2 N–H and O–H groups in total. The minimum atomic E-state index is -0.771. The van der Waals surface area contributed by atoms with Crippen molar-refractivity contribution < 1.29 is 8.63 Å². The number of rotatable bonds is 5. The van der Waals surface area contributed by atoms with Gasteiger partial charge in [-0.2, -0.15) is 0 Å². The van der Waals surface area contributed by atoms with E-state index >= 15 is 0 Å². The Morgan fingerprint density at radius 2 is 2.33 bits per heavy atom. The average Bonchev–Trinajstić information content (AvgIpc) is 2.53. The molecule has 0 saturated carbocycles. The highest BCUT2D eigenvalue weighted by atomic mass is 32.2. The van der Waals surface area contributed by atoms with Gasteiger partial charge in [-0.05, 0) is 18.1 Å². The lowest BCUT2D eigenvalue weighted by atomic mass is 10.3. The van der Waals surface area contributed by atoms with Gasteiger partial charge in [0.25, 0.3) is 0 Å². The molecule has 1 heterocycles. The van der Waals surface area contributed by atoms with E-state index in [-0.39, 0.29) is 0 Å². The van der Waals surface area contributed by atoms with E-state index in [0.717, 1.165) is 12.0 Å². The Kier molecular flexibility index (Phi) is 4.04. The monoisotopic (exact) mass is 187 g/mol. The predicted octanol–water partition coefficient (Wildman–Crippen LogP) is 0.529. The summed E-state index contributed by atoms with van der Waals surface area (Å²) in [6.07, 6.45) is 4.12. The van der Waals surface area contributed by atoms with Gasteiger partial charge in [-0.15, -0.1) is 0 Å². The van der Waals surface area contributed by atoms with E-state index in [1.807, 2.05) is 6.07 Å². The number of hydrogen-bond acceptors (Lipinski definition) is 3. The number of nitrogens with two attached hydrogens (primary N) is 1. The van der Waals surface area contributed by atoms with Crippen LogP contribution in [-0.4, -0.2) is 22.3 Å². The maximum absolute atomic E-state index is 11.1. The lowest BCUT2D eigenvalue weighted by Crippen LogP contribution is -2.13. The van der Waals surface area contributed by atoms with Crippen molar-refractivity contribution in [3.8, 4) is 0 Å². The Labute approximate surface area is 74.4 Å². The first-order valence-corrected chi connectivity index (χ1v) is 5.38. The zero-order valence-electron chi connectivity index (χ0n) is 6.86. The molecule has 0 saturated heterocycles. The number of aryl methyl sites for hydroxylation is 1. The maximum atomic E-state index is 11.1. The van der Waals surface area contributed by atoms with E-state index in [0.29, 0.717) is 18.1 Å². The molecule has 1 atom stereocenters. The van der Waals surface area contributed by atoms with Crippen LogP contribution in [0.15, 0.2) is 23.0 Å². The molecule has 0 radical (unpaired) electrons. The highest BCUT2D eigenvalue weighted by Crippen LogP contribution is 2.01. The Bertz CT molecular complexity index is 233. The third-order valence-corrected chi connectivity index (χ3v) is 2.89. The fourth-order valence-electron chi connectivity index (χ4n) is 0.900. The molecule has 1 rings (SSSR count). The van der Waals surface area contributed by atoms with Gasteiger partial charge < -0.3 is 10.2 Å². The van der Waals surface area contributed by atoms with Gasteiger partial charge >= 0.3 is 0 Å². The summed E-state index contributed by atoms with van der Waals surface area (Å²) in [5.41, 5.74) is 6.36. The number of furan rings is 1. The Morgan fingerprint density at radius 1 is 1.50 bits per heavy atom. The molecule has 0 spiro atoms. The highest BCUT2D eigenvalue weighted by molar-refractivity contribution is 7.85. The molecule has 68 valence electrons. The van der Waals surface area contributed by atoms with E-state index in [1.54, 1.807) is 12.5 Å². The van der Waals surface area contributed by atoms with Crippen LogP contribution in [0.25, 0.3) is 0 Å². The molecule has 0 fully saturated rings. The van der Waals surface area contributed by atoms with Crippen LogP contribution < -0.4 is 5.73 Å². The molecule has 1 aromatic rings. The predicted molar refractivity (Wildman–Crippen MR) is 49.3 cm³/mol. The van der Waals surface area contributed by atoms with Crippen LogP contribution in [0.4, 0.5) is 0 Å². The van der Waals surface area contributed by atoms with Gasteiger partial charge in [-0.25, -0.2) is 0 Å². The molecule has 0 aromatic carbocycles. The largest absolute Gasteiger partial charge is 0.472 e. The fourth-order valence-corrected chi connectivity index (χ4v) is 1.83. The summed E-state index contributed by atoms with van der Waals surface area (Å²) >= 11 is 0. The Morgan fingerprint density at radius 3 is 2.92 bits per heavy atom.